The zero-order chi connectivity index (χ0) is 31.1. The van der Waals surface area contributed by atoms with Crippen LogP contribution < -0.4 is 15.5 Å². The summed E-state index contributed by atoms with van der Waals surface area (Å²) in [5.74, 6) is -0.691. The number of nitro groups is 2. The summed E-state index contributed by atoms with van der Waals surface area (Å²) < 4.78 is 33.1. The number of aromatic nitrogens is 4. The van der Waals surface area contributed by atoms with E-state index in [0.29, 0.717) is 42.3 Å². The predicted octanol–water partition coefficient (Wildman–Crippen LogP) is 6.55. The zero-order valence-corrected chi connectivity index (χ0v) is 25.4. The summed E-state index contributed by atoms with van der Waals surface area (Å²) in [6, 6.07) is 6.90. The molecule has 2 aromatic heterocycles. The maximum Gasteiger partial charge on any atom is 0.306 e. The number of hydrogen-bond acceptors (Lipinski definition) is 12. The van der Waals surface area contributed by atoms with E-state index >= 15 is 0 Å². The monoisotopic (exact) mass is 743 g/mol. The van der Waals surface area contributed by atoms with Gasteiger partial charge in [-0.2, -0.15) is 18.7 Å². The second kappa shape index (κ2) is 14.4. The van der Waals surface area contributed by atoms with Crippen LogP contribution in [0.3, 0.4) is 0 Å². The van der Waals surface area contributed by atoms with E-state index in [1.54, 1.807) is 6.20 Å². The number of halogens is 5. The second-order valence-electron chi connectivity index (χ2n) is 8.39. The summed E-state index contributed by atoms with van der Waals surface area (Å²) in [5, 5.41) is 27.2. The van der Waals surface area contributed by atoms with Crippen LogP contribution in [0, 0.1) is 31.9 Å². The minimum absolute atomic E-state index is 0.147. The SMILES string of the molecule is O=[N+]([O-])c1cc(Nc2ncc(Br)c(Cl)n2)ccc1F.O=[N+]([O-])c1cc(Nc2ncc(Br)c(N3CCOCC3)n2)ccc1F. The normalized spacial score (nSPS) is 12.6. The molecule has 1 aliphatic rings. The van der Waals surface area contributed by atoms with Gasteiger partial charge in [-0.25, -0.2) is 9.97 Å². The third kappa shape index (κ3) is 8.46. The van der Waals surface area contributed by atoms with Crippen LogP contribution in [0.25, 0.3) is 0 Å². The Labute approximate surface area is 263 Å². The summed E-state index contributed by atoms with van der Waals surface area (Å²) in [5.41, 5.74) is -0.622. The first-order valence-electron chi connectivity index (χ1n) is 12.0. The van der Waals surface area contributed by atoms with Gasteiger partial charge in [0.2, 0.25) is 23.5 Å². The number of nitrogens with zero attached hydrogens (tertiary/aromatic N) is 7. The number of morpholine rings is 1. The molecule has 0 radical (unpaired) electrons. The van der Waals surface area contributed by atoms with Crippen molar-refractivity contribution in [3.63, 3.8) is 0 Å². The molecule has 1 saturated heterocycles. The van der Waals surface area contributed by atoms with Crippen molar-refractivity contribution in [2.45, 2.75) is 0 Å². The first-order chi connectivity index (χ1) is 20.5. The summed E-state index contributed by atoms with van der Waals surface area (Å²) in [6.45, 7) is 2.64. The summed E-state index contributed by atoms with van der Waals surface area (Å²) in [7, 11) is 0. The van der Waals surface area contributed by atoms with Crippen molar-refractivity contribution >= 4 is 83.9 Å². The van der Waals surface area contributed by atoms with E-state index in [2.05, 4.69) is 62.4 Å². The van der Waals surface area contributed by atoms with Gasteiger partial charge < -0.3 is 20.3 Å². The second-order valence-corrected chi connectivity index (χ2v) is 10.5. The number of nitrogens with one attached hydrogen (secondary N) is 2. The molecule has 0 unspecified atom stereocenters. The minimum atomic E-state index is -0.912. The van der Waals surface area contributed by atoms with Crippen molar-refractivity contribution in [3.8, 4) is 0 Å². The van der Waals surface area contributed by atoms with E-state index in [-0.39, 0.29) is 22.7 Å². The zero-order valence-electron chi connectivity index (χ0n) is 21.5. The first kappa shape index (κ1) is 31.8. The highest BCUT2D eigenvalue weighted by atomic mass is 79.9. The maximum absolute atomic E-state index is 13.4. The molecule has 2 aromatic carbocycles. The van der Waals surface area contributed by atoms with Gasteiger partial charge in [-0.1, -0.05) is 11.6 Å². The molecule has 43 heavy (non-hydrogen) atoms. The average molecular weight is 746 g/mol. The van der Waals surface area contributed by atoms with E-state index < -0.39 is 32.9 Å². The van der Waals surface area contributed by atoms with Crippen LogP contribution in [0.4, 0.5) is 49.2 Å². The Morgan fingerprint density at radius 3 is 1.81 bits per heavy atom. The lowest BCUT2D eigenvalue weighted by Crippen LogP contribution is -2.37. The van der Waals surface area contributed by atoms with E-state index in [9.17, 15) is 29.0 Å². The first-order valence-corrected chi connectivity index (χ1v) is 13.9. The van der Waals surface area contributed by atoms with E-state index in [0.717, 1.165) is 28.7 Å². The van der Waals surface area contributed by atoms with Crippen molar-refractivity contribution in [1.82, 2.24) is 19.9 Å². The Hall–Kier alpha value is -4.13. The molecule has 0 bridgehead atoms. The standard InChI is InChI=1S/C14H13BrFN5O3.C10H5BrClFN4O2/c15-10-8-17-14(19-13(10)20-3-5-24-6-4-20)18-9-1-2-11(16)12(7-9)21(22)23;11-6-4-14-10(16-9(6)12)15-5-1-2-7(13)8(3-5)17(18)19/h1-2,7-8H,3-6H2,(H,17,18,19);1-4H,(H,14,15,16). The van der Waals surface area contributed by atoms with Gasteiger partial charge >= 0.3 is 11.4 Å². The van der Waals surface area contributed by atoms with Crippen LogP contribution in [-0.2, 0) is 4.74 Å². The third-order valence-corrected chi connectivity index (χ3v) is 7.19. The average Bonchev–Trinajstić information content (AvgIpc) is 2.98. The Morgan fingerprint density at radius 1 is 0.837 bits per heavy atom. The van der Waals surface area contributed by atoms with Gasteiger partial charge in [0.15, 0.2) is 0 Å². The number of rotatable bonds is 7. The molecule has 1 fully saturated rings. The highest BCUT2D eigenvalue weighted by molar-refractivity contribution is 9.11. The molecule has 14 nitrogen and oxygen atoms in total. The van der Waals surface area contributed by atoms with Gasteiger partial charge in [0.1, 0.15) is 11.0 Å². The molecule has 4 aromatic rings. The summed E-state index contributed by atoms with van der Waals surface area (Å²) in [4.78, 5) is 38.3. The lowest BCUT2D eigenvalue weighted by molar-refractivity contribution is -0.387. The summed E-state index contributed by atoms with van der Waals surface area (Å²) >= 11 is 12.3. The molecule has 19 heteroatoms. The Bertz CT molecular complexity index is 1670. The van der Waals surface area contributed by atoms with Gasteiger partial charge in [0.25, 0.3) is 0 Å². The number of nitro benzene ring substituents is 2. The van der Waals surface area contributed by atoms with Gasteiger partial charge in [0.05, 0.1) is 32.0 Å². The fraction of sp³-hybridized carbons (Fsp3) is 0.167. The molecule has 1 aliphatic heterocycles. The molecule has 0 saturated carbocycles. The van der Waals surface area contributed by atoms with Crippen molar-refractivity contribution in [2.75, 3.05) is 41.8 Å². The Morgan fingerprint density at radius 2 is 1.33 bits per heavy atom. The van der Waals surface area contributed by atoms with Crippen molar-refractivity contribution in [2.24, 2.45) is 0 Å². The Balaban J connectivity index is 0.000000203. The van der Waals surface area contributed by atoms with Gasteiger partial charge in [-0.15, -0.1) is 0 Å². The van der Waals surface area contributed by atoms with E-state index in [4.69, 9.17) is 16.3 Å². The molecule has 5 rings (SSSR count). The van der Waals surface area contributed by atoms with Crippen LogP contribution in [0.15, 0.2) is 57.7 Å². The molecule has 0 atom stereocenters. The lowest BCUT2D eigenvalue weighted by Gasteiger charge is -2.28. The molecule has 0 amide bonds. The molecule has 0 spiro atoms. The lowest BCUT2D eigenvalue weighted by atomic mass is 10.2. The molecular weight excluding hydrogens is 728 g/mol. The van der Waals surface area contributed by atoms with Gasteiger partial charge in [-0.05, 0) is 56.1 Å². The number of benzene rings is 2. The van der Waals surface area contributed by atoms with Gasteiger partial charge in [-0.3, -0.25) is 20.2 Å². The topological polar surface area (TPSA) is 174 Å². The number of hydrogen-bond donors (Lipinski definition) is 2. The maximum atomic E-state index is 13.4. The highest BCUT2D eigenvalue weighted by Crippen LogP contribution is 2.28. The molecule has 2 N–H and O–H groups in total. The molecular formula is C24H18Br2ClF2N9O5. The van der Waals surface area contributed by atoms with Crippen LogP contribution in [-0.4, -0.2) is 56.1 Å². The Kier molecular flexibility index (Phi) is 10.6. The van der Waals surface area contributed by atoms with Crippen LogP contribution in [0.5, 0.6) is 0 Å². The highest BCUT2D eigenvalue weighted by Gasteiger charge is 2.19. The summed E-state index contributed by atoms with van der Waals surface area (Å²) in [6.07, 6.45) is 3.02. The number of ether oxygens (including phenoxy) is 1. The van der Waals surface area contributed by atoms with Gasteiger partial charge in [0, 0.05) is 49.0 Å². The van der Waals surface area contributed by atoms with Crippen molar-refractivity contribution < 1.29 is 23.4 Å². The smallest absolute Gasteiger partial charge is 0.306 e. The third-order valence-electron chi connectivity index (χ3n) is 5.54. The molecule has 3 heterocycles. The van der Waals surface area contributed by atoms with Crippen LogP contribution in [0.1, 0.15) is 0 Å². The molecule has 224 valence electrons. The number of anilines is 5. The van der Waals surface area contributed by atoms with Crippen molar-refractivity contribution in [1.29, 1.82) is 0 Å². The quantitative estimate of drug-likeness (QED) is 0.119. The molecule has 0 aliphatic carbocycles. The van der Waals surface area contributed by atoms with Crippen molar-refractivity contribution in [3.05, 3.63) is 94.8 Å². The minimum Gasteiger partial charge on any atom is -0.378 e. The van der Waals surface area contributed by atoms with E-state index in [1.807, 2.05) is 4.90 Å². The predicted molar refractivity (Wildman–Crippen MR) is 160 cm³/mol. The van der Waals surface area contributed by atoms with E-state index in [1.165, 1.54) is 18.3 Å². The van der Waals surface area contributed by atoms with Crippen LogP contribution in [0.2, 0.25) is 5.15 Å². The largest absolute Gasteiger partial charge is 0.378 e. The fourth-order valence-electron chi connectivity index (χ4n) is 3.54. The fourth-order valence-corrected chi connectivity index (χ4v) is 4.30. The van der Waals surface area contributed by atoms with Crippen LogP contribution >= 0.6 is 43.5 Å².